The number of ether oxygens (including phenoxy) is 2. The zero-order chi connectivity index (χ0) is 22.8. The Bertz CT molecular complexity index is 1550. The minimum Gasteiger partial charge on any atom is -0.497 e. The van der Waals surface area contributed by atoms with Crippen molar-refractivity contribution >= 4 is 39.4 Å². The second-order valence-corrected chi connectivity index (χ2v) is 7.51. The predicted molar refractivity (Wildman–Crippen MR) is 127 cm³/mol. The maximum atomic E-state index is 13.4. The van der Waals surface area contributed by atoms with Gasteiger partial charge in [-0.2, -0.15) is 9.78 Å². The number of nitrogens with zero attached hydrogens (tertiary/aromatic N) is 6. The Morgan fingerprint density at radius 3 is 2.64 bits per heavy atom. The van der Waals surface area contributed by atoms with Gasteiger partial charge in [0.15, 0.2) is 11.3 Å². The minimum atomic E-state index is -0.180. The van der Waals surface area contributed by atoms with Crippen molar-refractivity contribution in [3.05, 3.63) is 70.8 Å². The van der Waals surface area contributed by atoms with Crippen LogP contribution in [0.2, 0.25) is 0 Å². The van der Waals surface area contributed by atoms with Crippen molar-refractivity contribution in [1.82, 2.24) is 24.2 Å². The highest BCUT2D eigenvalue weighted by Crippen LogP contribution is 2.25. The van der Waals surface area contributed by atoms with Gasteiger partial charge in [-0.3, -0.25) is 9.36 Å². The number of aryl methyl sites for hydroxylation is 1. The third kappa shape index (κ3) is 3.83. The molecular weight excluding hydrogens is 420 g/mol. The van der Waals surface area contributed by atoms with Crippen LogP contribution in [0.4, 0.5) is 0 Å². The Hall–Kier alpha value is -4.11. The molecule has 33 heavy (non-hydrogen) atoms. The lowest BCUT2D eigenvalue weighted by molar-refractivity contribution is 0.190. The second kappa shape index (κ2) is 8.79. The summed E-state index contributed by atoms with van der Waals surface area (Å²) < 4.78 is 13.6. The van der Waals surface area contributed by atoms with Crippen LogP contribution < -0.4 is 10.3 Å². The first-order valence-corrected chi connectivity index (χ1v) is 10.5. The lowest BCUT2D eigenvalue weighted by Gasteiger charge is -2.05. The quantitative estimate of drug-likeness (QED) is 0.284. The standard InChI is InChI=1S/C24H22N6O3/c1-32-12-6-11-29-15-25-22-20(24(29)31)21-23(28-19-10-4-3-9-18(19)27-21)30(22)26-14-16-7-5-8-17(13-16)33-2/h3-5,7-10,13-15H,6,11-12H2,1-2H3/b26-14+. The molecule has 0 bridgehead atoms. The highest BCUT2D eigenvalue weighted by molar-refractivity contribution is 6.04. The number of para-hydroxylation sites is 2. The molecule has 0 aliphatic heterocycles. The van der Waals surface area contributed by atoms with E-state index in [0.717, 1.165) is 11.3 Å². The van der Waals surface area contributed by atoms with Gasteiger partial charge in [-0.05, 0) is 36.2 Å². The summed E-state index contributed by atoms with van der Waals surface area (Å²) in [5, 5.41) is 5.02. The first-order valence-electron chi connectivity index (χ1n) is 10.5. The van der Waals surface area contributed by atoms with E-state index in [4.69, 9.17) is 19.4 Å². The van der Waals surface area contributed by atoms with Gasteiger partial charge in [0, 0.05) is 20.3 Å². The highest BCUT2D eigenvalue weighted by Gasteiger charge is 2.19. The molecule has 0 amide bonds. The molecule has 2 aromatic carbocycles. The minimum absolute atomic E-state index is 0.180. The molecule has 3 heterocycles. The molecule has 3 aromatic heterocycles. The van der Waals surface area contributed by atoms with E-state index in [1.165, 1.54) is 6.33 Å². The number of hydrogen-bond acceptors (Lipinski definition) is 7. The van der Waals surface area contributed by atoms with E-state index in [-0.39, 0.29) is 5.56 Å². The van der Waals surface area contributed by atoms with Gasteiger partial charge in [0.25, 0.3) is 5.56 Å². The van der Waals surface area contributed by atoms with Crippen LogP contribution in [0.1, 0.15) is 12.0 Å². The molecule has 0 saturated heterocycles. The maximum absolute atomic E-state index is 13.4. The molecule has 166 valence electrons. The third-order valence-corrected chi connectivity index (χ3v) is 5.37. The number of aromatic nitrogens is 5. The van der Waals surface area contributed by atoms with Gasteiger partial charge in [0.1, 0.15) is 16.7 Å². The van der Waals surface area contributed by atoms with Crippen molar-refractivity contribution in [2.24, 2.45) is 5.10 Å². The molecule has 0 aliphatic carbocycles. The van der Waals surface area contributed by atoms with E-state index in [0.29, 0.717) is 52.8 Å². The second-order valence-electron chi connectivity index (χ2n) is 7.51. The first kappa shape index (κ1) is 20.8. The van der Waals surface area contributed by atoms with Gasteiger partial charge < -0.3 is 9.47 Å². The topological polar surface area (TPSA) is 96.4 Å². The number of benzene rings is 2. The molecule has 0 unspecified atom stereocenters. The summed E-state index contributed by atoms with van der Waals surface area (Å²) in [5.74, 6) is 0.726. The summed E-state index contributed by atoms with van der Waals surface area (Å²) in [6.45, 7) is 1.05. The largest absolute Gasteiger partial charge is 0.497 e. The van der Waals surface area contributed by atoms with Gasteiger partial charge in [0.05, 0.1) is 30.7 Å². The lowest BCUT2D eigenvalue weighted by Crippen LogP contribution is -2.21. The van der Waals surface area contributed by atoms with Crippen LogP contribution >= 0.6 is 0 Å². The van der Waals surface area contributed by atoms with E-state index < -0.39 is 0 Å². The number of methoxy groups -OCH3 is 2. The van der Waals surface area contributed by atoms with Crippen LogP contribution in [0.5, 0.6) is 5.75 Å². The molecule has 9 heteroatoms. The molecule has 0 aliphatic rings. The number of hydrogen-bond donors (Lipinski definition) is 0. The van der Waals surface area contributed by atoms with Crippen LogP contribution in [0, 0.1) is 0 Å². The van der Waals surface area contributed by atoms with Gasteiger partial charge >= 0.3 is 0 Å². The monoisotopic (exact) mass is 442 g/mol. The first-order chi connectivity index (χ1) is 16.2. The predicted octanol–water partition coefficient (Wildman–Crippen LogP) is 3.22. The molecule has 9 nitrogen and oxygen atoms in total. The maximum Gasteiger partial charge on any atom is 0.265 e. The van der Waals surface area contributed by atoms with E-state index in [1.807, 2.05) is 48.5 Å². The molecule has 5 aromatic rings. The zero-order valence-electron chi connectivity index (χ0n) is 18.3. The van der Waals surface area contributed by atoms with E-state index in [2.05, 4.69) is 10.1 Å². The smallest absolute Gasteiger partial charge is 0.265 e. The molecule has 0 N–H and O–H groups in total. The Morgan fingerprint density at radius 1 is 1.03 bits per heavy atom. The fourth-order valence-electron chi connectivity index (χ4n) is 3.75. The summed E-state index contributed by atoms with van der Waals surface area (Å²) in [6.07, 6.45) is 3.92. The summed E-state index contributed by atoms with van der Waals surface area (Å²) in [7, 11) is 3.25. The Morgan fingerprint density at radius 2 is 1.85 bits per heavy atom. The molecule has 0 saturated carbocycles. The number of rotatable bonds is 7. The normalized spacial score (nSPS) is 11.8. The summed E-state index contributed by atoms with van der Waals surface area (Å²) in [4.78, 5) is 27.5. The van der Waals surface area contributed by atoms with Crippen molar-refractivity contribution < 1.29 is 9.47 Å². The van der Waals surface area contributed by atoms with Crippen molar-refractivity contribution in [3.8, 4) is 5.75 Å². The molecule has 0 spiro atoms. The molecule has 0 atom stereocenters. The van der Waals surface area contributed by atoms with Crippen molar-refractivity contribution in [3.63, 3.8) is 0 Å². The van der Waals surface area contributed by atoms with Gasteiger partial charge in [-0.1, -0.05) is 24.3 Å². The average Bonchev–Trinajstić information content (AvgIpc) is 3.16. The summed E-state index contributed by atoms with van der Waals surface area (Å²) >= 11 is 0. The van der Waals surface area contributed by atoms with E-state index >= 15 is 0 Å². The summed E-state index contributed by atoms with van der Waals surface area (Å²) in [5.41, 5.74) is 3.44. The van der Waals surface area contributed by atoms with E-state index in [9.17, 15) is 4.79 Å². The summed E-state index contributed by atoms with van der Waals surface area (Å²) in [6, 6.07) is 15.1. The van der Waals surface area contributed by atoms with Crippen molar-refractivity contribution in [2.45, 2.75) is 13.0 Å². The van der Waals surface area contributed by atoms with Crippen LogP contribution in [0.25, 0.3) is 33.2 Å². The highest BCUT2D eigenvalue weighted by atomic mass is 16.5. The Balaban J connectivity index is 1.74. The van der Waals surface area contributed by atoms with Crippen LogP contribution in [-0.2, 0) is 11.3 Å². The van der Waals surface area contributed by atoms with Crippen LogP contribution in [0.15, 0.2) is 64.8 Å². The Labute approximate surface area is 188 Å². The fraction of sp³-hybridized carbons (Fsp3) is 0.208. The van der Waals surface area contributed by atoms with Crippen LogP contribution in [-0.4, -0.2) is 51.2 Å². The molecule has 5 rings (SSSR count). The SMILES string of the molecule is COCCCn1cnc2c(c1=O)c1nc3ccccc3nc1n2/N=C/c1cccc(OC)c1. The molecular formula is C24H22N6O3. The van der Waals surface area contributed by atoms with Crippen LogP contribution in [0.3, 0.4) is 0 Å². The molecule has 0 radical (unpaired) electrons. The van der Waals surface area contributed by atoms with Gasteiger partial charge in [-0.25, -0.2) is 15.0 Å². The fourth-order valence-corrected chi connectivity index (χ4v) is 3.75. The third-order valence-electron chi connectivity index (χ3n) is 5.37. The van der Waals surface area contributed by atoms with Gasteiger partial charge in [-0.15, -0.1) is 0 Å². The Kier molecular flexibility index (Phi) is 5.54. The number of fused-ring (bicyclic) bond motifs is 4. The van der Waals surface area contributed by atoms with Crippen molar-refractivity contribution in [2.75, 3.05) is 20.8 Å². The zero-order valence-corrected chi connectivity index (χ0v) is 18.3. The van der Waals surface area contributed by atoms with Crippen molar-refractivity contribution in [1.29, 1.82) is 0 Å². The van der Waals surface area contributed by atoms with Gasteiger partial charge in [0.2, 0.25) is 0 Å². The lowest BCUT2D eigenvalue weighted by atomic mass is 10.2. The molecule has 0 fully saturated rings. The average molecular weight is 442 g/mol. The van der Waals surface area contributed by atoms with E-state index in [1.54, 1.807) is 29.7 Å².